The average Bonchev–Trinajstić information content (AvgIpc) is 2.58. The van der Waals surface area contributed by atoms with Gasteiger partial charge in [-0.3, -0.25) is 4.99 Å². The van der Waals surface area contributed by atoms with Crippen molar-refractivity contribution in [2.45, 2.75) is 25.7 Å². The molecule has 0 saturated carbocycles. The second-order valence-electron chi connectivity index (χ2n) is 4.15. The predicted molar refractivity (Wildman–Crippen MR) is 75.0 cm³/mol. The number of halogens is 1. The Morgan fingerprint density at radius 3 is 2.89 bits per heavy atom. The molecule has 0 spiro atoms. The van der Waals surface area contributed by atoms with Crippen molar-refractivity contribution in [3.63, 3.8) is 0 Å². The number of amidine groups is 1. The summed E-state index contributed by atoms with van der Waals surface area (Å²) in [6.07, 6.45) is 4.44. The maximum Gasteiger partial charge on any atom is 0.335 e. The predicted octanol–water partition coefficient (Wildman–Crippen LogP) is 3.19. The maximum absolute atomic E-state index is 10.8. The van der Waals surface area contributed by atoms with Gasteiger partial charge >= 0.3 is 5.97 Å². The molecule has 1 aromatic carbocycles. The molecule has 1 aliphatic rings. The van der Waals surface area contributed by atoms with Crippen molar-refractivity contribution in [1.82, 2.24) is 0 Å². The van der Waals surface area contributed by atoms with Gasteiger partial charge < -0.3 is 10.4 Å². The van der Waals surface area contributed by atoms with Crippen molar-refractivity contribution in [2.24, 2.45) is 4.99 Å². The Bertz CT molecular complexity index is 446. The van der Waals surface area contributed by atoms with Crippen LogP contribution in [-0.4, -0.2) is 23.5 Å². The van der Waals surface area contributed by atoms with E-state index in [1.54, 1.807) is 18.2 Å². The molecule has 1 aliphatic heterocycles. The summed E-state index contributed by atoms with van der Waals surface area (Å²) >= 11 is 0. The second kappa shape index (κ2) is 7.01. The number of anilines is 1. The normalized spacial score (nSPS) is 15.0. The minimum absolute atomic E-state index is 0. The van der Waals surface area contributed by atoms with Gasteiger partial charge in [0, 0.05) is 18.7 Å². The highest BCUT2D eigenvalue weighted by Gasteiger charge is 2.06. The van der Waals surface area contributed by atoms with Crippen LogP contribution in [0.5, 0.6) is 0 Å². The zero-order valence-electron chi connectivity index (χ0n) is 10.1. The molecule has 0 amide bonds. The van der Waals surface area contributed by atoms with Crippen molar-refractivity contribution >= 4 is 29.9 Å². The topological polar surface area (TPSA) is 61.7 Å². The monoisotopic (exact) mass is 268 g/mol. The van der Waals surface area contributed by atoms with Crippen molar-refractivity contribution in [2.75, 3.05) is 11.9 Å². The Morgan fingerprint density at radius 1 is 1.28 bits per heavy atom. The van der Waals surface area contributed by atoms with Crippen LogP contribution in [0.3, 0.4) is 0 Å². The van der Waals surface area contributed by atoms with Gasteiger partial charge in [0.05, 0.1) is 5.56 Å². The van der Waals surface area contributed by atoms with E-state index in [2.05, 4.69) is 10.3 Å². The number of nitrogens with one attached hydrogen (secondary N) is 1. The quantitative estimate of drug-likeness (QED) is 0.866. The van der Waals surface area contributed by atoms with E-state index in [9.17, 15) is 4.79 Å². The van der Waals surface area contributed by atoms with Crippen molar-refractivity contribution in [1.29, 1.82) is 0 Å². The number of rotatable bonds is 2. The smallest absolute Gasteiger partial charge is 0.335 e. The van der Waals surface area contributed by atoms with Crippen molar-refractivity contribution < 1.29 is 9.90 Å². The average molecular weight is 269 g/mol. The van der Waals surface area contributed by atoms with E-state index in [1.807, 2.05) is 6.07 Å². The standard InChI is InChI=1S/C13H16N2O2.ClH/c16-13(17)10-5-4-6-11(9-10)15-12-7-2-1-3-8-14-12;/h4-6,9H,1-3,7-8H2,(H,14,15)(H,16,17);1H. The molecule has 5 heteroatoms. The molecule has 0 fully saturated rings. The van der Waals surface area contributed by atoms with Crippen molar-refractivity contribution in [3.8, 4) is 0 Å². The first kappa shape index (κ1) is 14.5. The van der Waals surface area contributed by atoms with Gasteiger partial charge in [0.1, 0.15) is 5.84 Å². The molecule has 2 N–H and O–H groups in total. The van der Waals surface area contributed by atoms with Crippen LogP contribution in [-0.2, 0) is 0 Å². The molecule has 0 bridgehead atoms. The number of aliphatic imine (C=N–C) groups is 1. The van der Waals surface area contributed by atoms with Gasteiger partial charge in [-0.2, -0.15) is 0 Å². The molecule has 0 aromatic heterocycles. The largest absolute Gasteiger partial charge is 0.478 e. The Hall–Kier alpha value is -1.55. The van der Waals surface area contributed by atoms with E-state index in [0.717, 1.165) is 37.3 Å². The fourth-order valence-electron chi connectivity index (χ4n) is 1.87. The molecule has 0 atom stereocenters. The molecule has 0 radical (unpaired) electrons. The highest BCUT2D eigenvalue weighted by atomic mass is 35.5. The third-order valence-electron chi connectivity index (χ3n) is 2.77. The van der Waals surface area contributed by atoms with Gasteiger partial charge in [0.15, 0.2) is 0 Å². The Labute approximate surface area is 113 Å². The summed E-state index contributed by atoms with van der Waals surface area (Å²) in [4.78, 5) is 15.3. The van der Waals surface area contributed by atoms with Crippen molar-refractivity contribution in [3.05, 3.63) is 29.8 Å². The molecular weight excluding hydrogens is 252 g/mol. The van der Waals surface area contributed by atoms with Gasteiger partial charge in [0.2, 0.25) is 0 Å². The summed E-state index contributed by atoms with van der Waals surface area (Å²) in [5.74, 6) is 0.0569. The first-order valence-electron chi connectivity index (χ1n) is 5.89. The van der Waals surface area contributed by atoms with Crippen LogP contribution in [0.15, 0.2) is 29.3 Å². The second-order valence-corrected chi connectivity index (χ2v) is 4.15. The van der Waals surface area contributed by atoms with Crippen LogP contribution in [0, 0.1) is 0 Å². The number of hydrogen-bond acceptors (Lipinski definition) is 3. The van der Waals surface area contributed by atoms with Crippen LogP contribution >= 0.6 is 12.4 Å². The maximum atomic E-state index is 10.8. The highest BCUT2D eigenvalue weighted by Crippen LogP contribution is 2.14. The van der Waals surface area contributed by atoms with Gasteiger partial charge in [-0.15, -0.1) is 12.4 Å². The molecule has 0 saturated heterocycles. The number of carboxylic acid groups (broad SMARTS) is 1. The van der Waals surface area contributed by atoms with E-state index in [4.69, 9.17) is 5.11 Å². The molecule has 1 aromatic rings. The number of nitrogens with zero attached hydrogens (tertiary/aromatic N) is 1. The minimum Gasteiger partial charge on any atom is -0.478 e. The van der Waals surface area contributed by atoms with Gasteiger partial charge in [-0.25, -0.2) is 4.79 Å². The Balaban J connectivity index is 0.00000162. The summed E-state index contributed by atoms with van der Waals surface area (Å²) in [6, 6.07) is 6.82. The summed E-state index contributed by atoms with van der Waals surface area (Å²) in [5.41, 5.74) is 1.09. The zero-order chi connectivity index (χ0) is 12.1. The molecule has 2 rings (SSSR count). The van der Waals surface area contributed by atoms with Crippen LogP contribution in [0.1, 0.15) is 36.0 Å². The minimum atomic E-state index is -0.906. The Kier molecular flexibility index (Phi) is 5.65. The van der Waals surface area contributed by atoms with Gasteiger partial charge in [-0.05, 0) is 31.0 Å². The highest BCUT2D eigenvalue weighted by molar-refractivity contribution is 5.97. The lowest BCUT2D eigenvalue weighted by Crippen LogP contribution is -2.12. The number of aromatic carboxylic acids is 1. The summed E-state index contributed by atoms with van der Waals surface area (Å²) in [6.45, 7) is 0.862. The molecule has 98 valence electrons. The van der Waals surface area contributed by atoms with E-state index in [-0.39, 0.29) is 12.4 Å². The molecule has 1 heterocycles. The Morgan fingerprint density at radius 2 is 2.11 bits per heavy atom. The molecular formula is C13H17ClN2O2. The van der Waals surface area contributed by atoms with Crippen LogP contribution in [0.2, 0.25) is 0 Å². The van der Waals surface area contributed by atoms with E-state index >= 15 is 0 Å². The first-order chi connectivity index (χ1) is 8.25. The van der Waals surface area contributed by atoms with Gasteiger partial charge in [-0.1, -0.05) is 12.5 Å². The summed E-state index contributed by atoms with van der Waals surface area (Å²) < 4.78 is 0. The van der Waals surface area contributed by atoms with E-state index in [0.29, 0.717) is 5.56 Å². The van der Waals surface area contributed by atoms with E-state index in [1.165, 1.54) is 6.42 Å². The number of benzene rings is 1. The van der Waals surface area contributed by atoms with Crippen LogP contribution in [0.4, 0.5) is 5.69 Å². The fourth-order valence-corrected chi connectivity index (χ4v) is 1.87. The van der Waals surface area contributed by atoms with Gasteiger partial charge in [0.25, 0.3) is 0 Å². The summed E-state index contributed by atoms with van der Waals surface area (Å²) in [7, 11) is 0. The number of carboxylic acids is 1. The third-order valence-corrected chi connectivity index (χ3v) is 2.77. The molecule has 0 unspecified atom stereocenters. The van der Waals surface area contributed by atoms with Crippen LogP contribution < -0.4 is 5.32 Å². The molecule has 18 heavy (non-hydrogen) atoms. The fraction of sp³-hybridized carbons (Fsp3) is 0.385. The lowest BCUT2D eigenvalue weighted by Gasteiger charge is -2.08. The number of carbonyl (C=O) groups is 1. The molecule has 4 nitrogen and oxygen atoms in total. The lowest BCUT2D eigenvalue weighted by molar-refractivity contribution is 0.0697. The van der Waals surface area contributed by atoms with Crippen LogP contribution in [0.25, 0.3) is 0 Å². The zero-order valence-corrected chi connectivity index (χ0v) is 10.9. The SMILES string of the molecule is Cl.O=C(O)c1cccc(NC2=NCCCCC2)c1. The van der Waals surface area contributed by atoms with E-state index < -0.39 is 5.97 Å². The number of hydrogen-bond donors (Lipinski definition) is 2. The lowest BCUT2D eigenvalue weighted by atomic mass is 10.2. The third kappa shape index (κ3) is 4.04. The molecule has 0 aliphatic carbocycles. The summed E-state index contributed by atoms with van der Waals surface area (Å²) in [5, 5.41) is 12.1. The first-order valence-corrected chi connectivity index (χ1v) is 5.89.